The Bertz CT molecular complexity index is 717. The first kappa shape index (κ1) is 27.4. The minimum Gasteiger partial charge on any atom is -0.462 e. The van der Waals surface area contributed by atoms with Crippen molar-refractivity contribution in [1.29, 1.82) is 0 Å². The smallest absolute Gasteiger partial charge is 0.293 e. The number of rotatable bonds is 2. The monoisotopic (exact) mass is 470 g/mol. The van der Waals surface area contributed by atoms with E-state index in [2.05, 4.69) is 55.6 Å². The third-order valence-corrected chi connectivity index (χ3v) is 4.73. The summed E-state index contributed by atoms with van der Waals surface area (Å²) >= 11 is 3.54. The second-order valence-corrected chi connectivity index (χ2v) is 8.30. The van der Waals surface area contributed by atoms with Crippen LogP contribution in [0.1, 0.15) is 73.8 Å². The van der Waals surface area contributed by atoms with Gasteiger partial charge in [0.15, 0.2) is 5.82 Å². The standard InChI is InChI=1S/C13H17BrN4.C5H10O2.2C2H6/c1-9-3-5-17(6-4-9)13-12-10(2)7-11(14)18(12)16-8-15-13;1-5(2,3)7-4-6;2*1-2/h7-9H,3-6H2,1-2H3;4H,1-3H3;2*1-2H3. The number of aromatic nitrogens is 3. The van der Waals surface area contributed by atoms with Crippen molar-refractivity contribution < 1.29 is 9.53 Å². The molecule has 2 aromatic heterocycles. The van der Waals surface area contributed by atoms with Crippen molar-refractivity contribution in [2.24, 2.45) is 5.92 Å². The molecule has 0 N–H and O–H groups in total. The zero-order chi connectivity index (χ0) is 22.6. The molecule has 3 heterocycles. The van der Waals surface area contributed by atoms with Crippen molar-refractivity contribution in [3.05, 3.63) is 22.6 Å². The number of carbonyl (C=O) groups is 1. The van der Waals surface area contributed by atoms with E-state index < -0.39 is 0 Å². The molecule has 0 spiro atoms. The highest BCUT2D eigenvalue weighted by atomic mass is 79.9. The number of carbonyl (C=O) groups excluding carboxylic acids is 1. The normalized spacial score (nSPS) is 13.9. The van der Waals surface area contributed by atoms with Crippen LogP contribution >= 0.6 is 15.9 Å². The van der Waals surface area contributed by atoms with Crippen LogP contribution in [0.4, 0.5) is 5.82 Å². The Morgan fingerprint density at radius 2 is 1.72 bits per heavy atom. The van der Waals surface area contributed by atoms with E-state index >= 15 is 0 Å². The Labute approximate surface area is 185 Å². The lowest BCUT2D eigenvalue weighted by molar-refractivity contribution is -0.138. The number of halogens is 1. The van der Waals surface area contributed by atoms with Crippen molar-refractivity contribution in [2.45, 2.75) is 80.8 Å². The average Bonchev–Trinajstić information content (AvgIpc) is 2.99. The Kier molecular flexibility index (Phi) is 12.8. The molecule has 1 saturated heterocycles. The van der Waals surface area contributed by atoms with Crippen molar-refractivity contribution in [3.8, 4) is 0 Å². The first-order chi connectivity index (χ1) is 13.7. The summed E-state index contributed by atoms with van der Waals surface area (Å²) < 4.78 is 7.46. The number of piperidine rings is 1. The van der Waals surface area contributed by atoms with Gasteiger partial charge in [-0.3, -0.25) is 4.79 Å². The first-order valence-electron chi connectivity index (χ1n) is 10.6. The van der Waals surface area contributed by atoms with Gasteiger partial charge in [0.1, 0.15) is 22.0 Å². The predicted octanol–water partition coefficient (Wildman–Crippen LogP) is 6.05. The highest BCUT2D eigenvalue weighted by Crippen LogP contribution is 2.29. The Morgan fingerprint density at radius 3 is 2.17 bits per heavy atom. The van der Waals surface area contributed by atoms with Gasteiger partial charge in [-0.05, 0) is 74.0 Å². The van der Waals surface area contributed by atoms with Crippen LogP contribution in [0.15, 0.2) is 17.0 Å². The summed E-state index contributed by atoms with van der Waals surface area (Å²) in [6.07, 6.45) is 4.14. The lowest BCUT2D eigenvalue weighted by atomic mass is 9.99. The Morgan fingerprint density at radius 1 is 1.17 bits per heavy atom. The van der Waals surface area contributed by atoms with Gasteiger partial charge in [-0.25, -0.2) is 9.50 Å². The Hall–Kier alpha value is -1.63. The SMILES string of the molecule is CC.CC.CC(C)(C)OC=O.Cc1cc(Br)n2ncnc(N3CCC(C)CC3)c12. The highest BCUT2D eigenvalue weighted by molar-refractivity contribution is 9.10. The van der Waals surface area contributed by atoms with Crippen molar-refractivity contribution in [2.75, 3.05) is 18.0 Å². The molecule has 166 valence electrons. The molecule has 7 heteroatoms. The summed E-state index contributed by atoms with van der Waals surface area (Å²) in [5.74, 6) is 1.90. The maximum Gasteiger partial charge on any atom is 0.293 e. The van der Waals surface area contributed by atoms with E-state index in [1.807, 2.05) is 53.0 Å². The molecule has 0 aliphatic carbocycles. The van der Waals surface area contributed by atoms with Crippen molar-refractivity contribution in [1.82, 2.24) is 14.6 Å². The third-order valence-electron chi connectivity index (χ3n) is 4.17. The molecule has 0 unspecified atom stereocenters. The molecule has 1 aliphatic heterocycles. The maximum absolute atomic E-state index is 9.60. The van der Waals surface area contributed by atoms with Crippen LogP contribution < -0.4 is 4.90 Å². The maximum atomic E-state index is 9.60. The number of anilines is 1. The second kappa shape index (κ2) is 13.6. The van der Waals surface area contributed by atoms with Gasteiger partial charge in [-0.1, -0.05) is 34.6 Å². The molecule has 0 atom stereocenters. The number of fused-ring (bicyclic) bond motifs is 1. The summed E-state index contributed by atoms with van der Waals surface area (Å²) in [7, 11) is 0. The van der Waals surface area contributed by atoms with Crippen LogP contribution in [-0.2, 0) is 9.53 Å². The zero-order valence-electron chi connectivity index (χ0n) is 19.6. The minimum atomic E-state index is -0.318. The fourth-order valence-corrected chi connectivity index (χ4v) is 3.37. The van der Waals surface area contributed by atoms with Gasteiger partial charge in [0.2, 0.25) is 0 Å². The molecular weight excluding hydrogens is 432 g/mol. The summed E-state index contributed by atoms with van der Waals surface area (Å²) in [5, 5.41) is 4.30. The summed E-state index contributed by atoms with van der Waals surface area (Å²) in [6.45, 7) is 20.5. The zero-order valence-corrected chi connectivity index (χ0v) is 21.2. The van der Waals surface area contributed by atoms with E-state index in [0.29, 0.717) is 6.47 Å². The van der Waals surface area contributed by atoms with E-state index in [1.165, 1.54) is 18.4 Å². The molecule has 2 aromatic rings. The van der Waals surface area contributed by atoms with Gasteiger partial charge >= 0.3 is 0 Å². The number of hydrogen-bond acceptors (Lipinski definition) is 5. The Balaban J connectivity index is 0.000000606. The molecule has 1 fully saturated rings. The number of aryl methyl sites for hydroxylation is 1. The van der Waals surface area contributed by atoms with Crippen LogP contribution in [0.3, 0.4) is 0 Å². The molecule has 0 aromatic carbocycles. The highest BCUT2D eigenvalue weighted by Gasteiger charge is 2.21. The molecule has 0 amide bonds. The van der Waals surface area contributed by atoms with Crippen molar-refractivity contribution in [3.63, 3.8) is 0 Å². The van der Waals surface area contributed by atoms with Gasteiger partial charge in [-0.2, -0.15) is 5.10 Å². The molecule has 0 bridgehead atoms. The van der Waals surface area contributed by atoms with E-state index in [4.69, 9.17) is 0 Å². The molecule has 6 nitrogen and oxygen atoms in total. The lowest BCUT2D eigenvalue weighted by Crippen LogP contribution is -2.33. The second-order valence-electron chi connectivity index (χ2n) is 7.49. The average molecular weight is 471 g/mol. The molecule has 0 saturated carbocycles. The minimum absolute atomic E-state index is 0.318. The summed E-state index contributed by atoms with van der Waals surface area (Å²) in [6, 6.07) is 2.10. The summed E-state index contributed by atoms with van der Waals surface area (Å²) in [5.41, 5.74) is 2.02. The molecule has 0 radical (unpaired) electrons. The molecule has 1 aliphatic rings. The van der Waals surface area contributed by atoms with Crippen LogP contribution in [0.25, 0.3) is 5.52 Å². The molecule has 29 heavy (non-hydrogen) atoms. The van der Waals surface area contributed by atoms with Crippen LogP contribution in [0, 0.1) is 12.8 Å². The van der Waals surface area contributed by atoms with Gasteiger partial charge < -0.3 is 9.64 Å². The molecular formula is C22H39BrN4O2. The molecule has 3 rings (SSSR count). The summed E-state index contributed by atoms with van der Waals surface area (Å²) in [4.78, 5) is 16.5. The van der Waals surface area contributed by atoms with Crippen LogP contribution in [0.5, 0.6) is 0 Å². The number of hydrogen-bond donors (Lipinski definition) is 0. The van der Waals surface area contributed by atoms with Gasteiger partial charge in [-0.15, -0.1) is 0 Å². The third kappa shape index (κ3) is 8.72. The number of nitrogens with zero attached hydrogens (tertiary/aromatic N) is 4. The first-order valence-corrected chi connectivity index (χ1v) is 11.4. The quantitative estimate of drug-likeness (QED) is 0.500. The van der Waals surface area contributed by atoms with Gasteiger partial charge in [0, 0.05) is 13.1 Å². The van der Waals surface area contributed by atoms with Crippen LogP contribution in [-0.4, -0.2) is 39.8 Å². The van der Waals surface area contributed by atoms with E-state index in [1.54, 1.807) is 6.33 Å². The number of ether oxygens (including phenoxy) is 1. The van der Waals surface area contributed by atoms with Crippen LogP contribution in [0.2, 0.25) is 0 Å². The van der Waals surface area contributed by atoms with E-state index in [-0.39, 0.29) is 5.60 Å². The topological polar surface area (TPSA) is 59.7 Å². The van der Waals surface area contributed by atoms with Gasteiger partial charge in [0.25, 0.3) is 6.47 Å². The largest absolute Gasteiger partial charge is 0.462 e. The van der Waals surface area contributed by atoms with E-state index in [9.17, 15) is 4.79 Å². The lowest BCUT2D eigenvalue weighted by Gasteiger charge is -2.31. The fourth-order valence-electron chi connectivity index (χ4n) is 2.76. The van der Waals surface area contributed by atoms with Gasteiger partial charge in [0.05, 0.1) is 0 Å². The predicted molar refractivity (Wildman–Crippen MR) is 126 cm³/mol. The van der Waals surface area contributed by atoms with E-state index in [0.717, 1.165) is 34.9 Å². The van der Waals surface area contributed by atoms with Crippen molar-refractivity contribution >= 4 is 33.7 Å². The fraction of sp³-hybridized carbons (Fsp3) is 0.682.